The first-order valence-electron chi connectivity index (χ1n) is 7.53. The minimum atomic E-state index is -0.0462. The van der Waals surface area contributed by atoms with Crippen molar-refractivity contribution in [1.29, 1.82) is 0 Å². The standard InChI is InChI=1S/C18H19NO2S/c20-18(19-13-15-8-4-10-21-15)17(12-16-9-5-11-22-16)14-6-2-1-3-7-14/h1-3,5-7,9,11-12,15H,4,8,10,13H2,(H,19,20). The van der Waals surface area contributed by atoms with Gasteiger partial charge in [0.15, 0.2) is 0 Å². The van der Waals surface area contributed by atoms with Crippen LogP contribution in [0.4, 0.5) is 0 Å². The molecule has 1 fully saturated rings. The maximum atomic E-state index is 12.6. The Morgan fingerprint density at radius 1 is 1.27 bits per heavy atom. The van der Waals surface area contributed by atoms with Crippen molar-refractivity contribution in [2.75, 3.05) is 13.2 Å². The summed E-state index contributed by atoms with van der Waals surface area (Å²) in [6.07, 6.45) is 4.21. The van der Waals surface area contributed by atoms with Crippen LogP contribution in [0.25, 0.3) is 11.6 Å². The van der Waals surface area contributed by atoms with Crippen molar-refractivity contribution < 1.29 is 9.53 Å². The van der Waals surface area contributed by atoms with Crippen LogP contribution in [0.1, 0.15) is 23.3 Å². The van der Waals surface area contributed by atoms with E-state index < -0.39 is 0 Å². The highest BCUT2D eigenvalue weighted by Gasteiger charge is 2.18. The van der Waals surface area contributed by atoms with Crippen molar-refractivity contribution in [3.05, 3.63) is 58.3 Å². The molecule has 0 aliphatic carbocycles. The van der Waals surface area contributed by atoms with E-state index in [2.05, 4.69) is 5.32 Å². The van der Waals surface area contributed by atoms with Crippen molar-refractivity contribution in [3.8, 4) is 0 Å². The zero-order chi connectivity index (χ0) is 15.2. The number of thiophene rings is 1. The van der Waals surface area contributed by atoms with Crippen LogP contribution < -0.4 is 5.32 Å². The number of hydrogen-bond acceptors (Lipinski definition) is 3. The molecule has 1 aliphatic rings. The van der Waals surface area contributed by atoms with Crippen molar-refractivity contribution in [2.24, 2.45) is 0 Å². The van der Waals surface area contributed by atoms with Gasteiger partial charge in [0.05, 0.1) is 6.10 Å². The van der Waals surface area contributed by atoms with E-state index in [9.17, 15) is 4.79 Å². The second-order valence-corrected chi connectivity index (χ2v) is 6.26. The minimum Gasteiger partial charge on any atom is -0.376 e. The summed E-state index contributed by atoms with van der Waals surface area (Å²) in [7, 11) is 0. The molecular formula is C18H19NO2S. The van der Waals surface area contributed by atoms with Crippen LogP contribution >= 0.6 is 11.3 Å². The quantitative estimate of drug-likeness (QED) is 0.857. The maximum Gasteiger partial charge on any atom is 0.252 e. The molecule has 1 atom stereocenters. The zero-order valence-electron chi connectivity index (χ0n) is 12.3. The minimum absolute atomic E-state index is 0.0462. The third-order valence-corrected chi connectivity index (χ3v) is 4.49. The van der Waals surface area contributed by atoms with Crippen LogP contribution in [0, 0.1) is 0 Å². The molecule has 1 aromatic heterocycles. The molecule has 1 saturated heterocycles. The molecule has 1 unspecified atom stereocenters. The molecule has 1 aliphatic heterocycles. The summed E-state index contributed by atoms with van der Waals surface area (Å²) in [4.78, 5) is 13.7. The molecule has 1 aromatic carbocycles. The average molecular weight is 313 g/mol. The molecule has 3 nitrogen and oxygen atoms in total. The monoisotopic (exact) mass is 313 g/mol. The third kappa shape index (κ3) is 3.84. The van der Waals surface area contributed by atoms with E-state index >= 15 is 0 Å². The summed E-state index contributed by atoms with van der Waals surface area (Å²) >= 11 is 1.63. The molecule has 3 rings (SSSR count). The number of hydrogen-bond donors (Lipinski definition) is 1. The molecule has 2 aromatic rings. The molecule has 22 heavy (non-hydrogen) atoms. The van der Waals surface area contributed by atoms with Crippen LogP contribution in [0.2, 0.25) is 0 Å². The number of carbonyl (C=O) groups is 1. The molecular weight excluding hydrogens is 294 g/mol. The molecule has 0 spiro atoms. The lowest BCUT2D eigenvalue weighted by molar-refractivity contribution is -0.116. The molecule has 0 radical (unpaired) electrons. The Labute approximate surface area is 134 Å². The molecule has 4 heteroatoms. The summed E-state index contributed by atoms with van der Waals surface area (Å²) in [5.41, 5.74) is 1.63. The van der Waals surface area contributed by atoms with Crippen LogP contribution in [-0.4, -0.2) is 25.2 Å². The van der Waals surface area contributed by atoms with Gasteiger partial charge in [-0.2, -0.15) is 0 Å². The number of carbonyl (C=O) groups excluding carboxylic acids is 1. The maximum absolute atomic E-state index is 12.6. The average Bonchev–Trinajstić information content (AvgIpc) is 3.24. The zero-order valence-corrected chi connectivity index (χ0v) is 13.1. The van der Waals surface area contributed by atoms with Gasteiger partial charge in [-0.05, 0) is 35.9 Å². The highest BCUT2D eigenvalue weighted by molar-refractivity contribution is 7.11. The normalized spacial score (nSPS) is 18.4. The van der Waals surface area contributed by atoms with Gasteiger partial charge in [0.2, 0.25) is 0 Å². The van der Waals surface area contributed by atoms with E-state index in [0.29, 0.717) is 12.1 Å². The summed E-state index contributed by atoms with van der Waals surface area (Å²) in [6.45, 7) is 1.38. The Bertz CT molecular complexity index is 628. The lowest BCUT2D eigenvalue weighted by Crippen LogP contribution is -2.32. The second kappa shape index (κ2) is 7.38. The lowest BCUT2D eigenvalue weighted by Gasteiger charge is -2.13. The van der Waals surface area contributed by atoms with Crippen molar-refractivity contribution >= 4 is 28.9 Å². The number of benzene rings is 1. The predicted octanol–water partition coefficient (Wildman–Crippen LogP) is 3.58. The predicted molar refractivity (Wildman–Crippen MR) is 90.6 cm³/mol. The Hall–Kier alpha value is -1.91. The third-order valence-electron chi connectivity index (χ3n) is 3.67. The van der Waals surface area contributed by atoms with Gasteiger partial charge < -0.3 is 10.1 Å². The van der Waals surface area contributed by atoms with E-state index in [1.165, 1.54) is 0 Å². The highest BCUT2D eigenvalue weighted by atomic mass is 32.1. The number of amides is 1. The second-order valence-electron chi connectivity index (χ2n) is 5.28. The van der Waals surface area contributed by atoms with E-state index in [1.54, 1.807) is 11.3 Å². The summed E-state index contributed by atoms with van der Waals surface area (Å²) in [5.74, 6) is -0.0462. The molecule has 1 amide bonds. The van der Waals surface area contributed by atoms with Gasteiger partial charge in [-0.3, -0.25) is 4.79 Å². The summed E-state index contributed by atoms with van der Waals surface area (Å²) < 4.78 is 5.56. The van der Waals surface area contributed by atoms with E-state index in [4.69, 9.17) is 4.74 Å². The van der Waals surface area contributed by atoms with Crippen LogP contribution in [0.15, 0.2) is 47.8 Å². The fourth-order valence-electron chi connectivity index (χ4n) is 2.52. The molecule has 0 saturated carbocycles. The van der Waals surface area contributed by atoms with Gasteiger partial charge in [0.1, 0.15) is 0 Å². The lowest BCUT2D eigenvalue weighted by atomic mass is 10.0. The van der Waals surface area contributed by atoms with E-state index in [1.807, 2.05) is 53.9 Å². The number of ether oxygens (including phenoxy) is 1. The van der Waals surface area contributed by atoms with Gasteiger partial charge in [0.25, 0.3) is 5.91 Å². The van der Waals surface area contributed by atoms with Gasteiger partial charge in [-0.15, -0.1) is 11.3 Å². The van der Waals surface area contributed by atoms with E-state index in [0.717, 1.165) is 29.9 Å². The molecule has 0 bridgehead atoms. The van der Waals surface area contributed by atoms with Gasteiger partial charge >= 0.3 is 0 Å². The summed E-state index contributed by atoms with van der Waals surface area (Å²) in [6, 6.07) is 13.8. The van der Waals surface area contributed by atoms with Crippen LogP contribution in [0.5, 0.6) is 0 Å². The van der Waals surface area contributed by atoms with Crippen LogP contribution in [-0.2, 0) is 9.53 Å². The van der Waals surface area contributed by atoms with Gasteiger partial charge in [0, 0.05) is 23.6 Å². The largest absolute Gasteiger partial charge is 0.376 e. The molecule has 2 heterocycles. The Balaban J connectivity index is 1.77. The van der Waals surface area contributed by atoms with Crippen molar-refractivity contribution in [3.63, 3.8) is 0 Å². The fraction of sp³-hybridized carbons (Fsp3) is 0.278. The smallest absolute Gasteiger partial charge is 0.252 e. The first-order chi connectivity index (χ1) is 10.8. The fourth-order valence-corrected chi connectivity index (χ4v) is 3.18. The first kappa shape index (κ1) is 15.0. The van der Waals surface area contributed by atoms with E-state index in [-0.39, 0.29) is 12.0 Å². The SMILES string of the molecule is O=C(NCC1CCCO1)C(=Cc1cccs1)c1ccccc1. The number of nitrogens with one attached hydrogen (secondary N) is 1. The van der Waals surface area contributed by atoms with Crippen molar-refractivity contribution in [2.45, 2.75) is 18.9 Å². The first-order valence-corrected chi connectivity index (χ1v) is 8.41. The van der Waals surface area contributed by atoms with Gasteiger partial charge in [-0.1, -0.05) is 36.4 Å². The number of rotatable bonds is 5. The highest BCUT2D eigenvalue weighted by Crippen LogP contribution is 2.21. The Morgan fingerprint density at radius 2 is 2.14 bits per heavy atom. The Morgan fingerprint density at radius 3 is 2.82 bits per heavy atom. The van der Waals surface area contributed by atoms with Gasteiger partial charge in [-0.25, -0.2) is 0 Å². The molecule has 1 N–H and O–H groups in total. The molecule has 114 valence electrons. The Kier molecular flexibility index (Phi) is 5.03. The topological polar surface area (TPSA) is 38.3 Å². The summed E-state index contributed by atoms with van der Waals surface area (Å²) in [5, 5.41) is 5.02. The van der Waals surface area contributed by atoms with Crippen molar-refractivity contribution in [1.82, 2.24) is 5.32 Å². The van der Waals surface area contributed by atoms with Crippen LogP contribution in [0.3, 0.4) is 0 Å².